The fourth-order valence-corrected chi connectivity index (χ4v) is 4.43. The first-order chi connectivity index (χ1) is 16.8. The Bertz CT molecular complexity index is 1300. The van der Waals surface area contributed by atoms with Gasteiger partial charge < -0.3 is 19.7 Å². The predicted octanol–water partition coefficient (Wildman–Crippen LogP) is 3.38. The van der Waals surface area contributed by atoms with Crippen LogP contribution in [0.2, 0.25) is 0 Å². The number of aliphatic imine (C=N–C) groups is 1. The smallest absolute Gasteiger partial charge is 0.211 e. The molecule has 10 nitrogen and oxygen atoms in total. The van der Waals surface area contributed by atoms with Gasteiger partial charge in [0.2, 0.25) is 10.0 Å². The Morgan fingerprint density at radius 2 is 1.86 bits per heavy atom. The van der Waals surface area contributed by atoms with E-state index in [1.165, 1.54) is 0 Å². The van der Waals surface area contributed by atoms with Crippen molar-refractivity contribution in [2.24, 2.45) is 12.0 Å². The van der Waals surface area contributed by atoms with Gasteiger partial charge in [-0.3, -0.25) is 9.67 Å². The summed E-state index contributed by atoms with van der Waals surface area (Å²) < 4.78 is 39.4. The third-order valence-electron chi connectivity index (χ3n) is 5.73. The van der Waals surface area contributed by atoms with E-state index in [4.69, 9.17) is 9.47 Å². The SMILES string of the molecule is CCS(=O)(=O)NCCN(c1cc(OC)cc(OC)c1)c1ccc2c(c1)NC(c1cnn(C)c1)C=N2. The van der Waals surface area contributed by atoms with E-state index in [0.29, 0.717) is 18.0 Å². The fourth-order valence-electron chi connectivity index (χ4n) is 3.82. The average molecular weight is 499 g/mol. The molecule has 1 unspecified atom stereocenters. The zero-order valence-electron chi connectivity index (χ0n) is 20.2. The van der Waals surface area contributed by atoms with E-state index < -0.39 is 10.0 Å². The van der Waals surface area contributed by atoms with Crippen molar-refractivity contribution in [2.45, 2.75) is 13.0 Å². The van der Waals surface area contributed by atoms with Crippen molar-refractivity contribution in [2.75, 3.05) is 43.3 Å². The van der Waals surface area contributed by atoms with Crippen LogP contribution in [0, 0.1) is 0 Å². The van der Waals surface area contributed by atoms with Crippen molar-refractivity contribution < 1.29 is 17.9 Å². The first-order valence-corrected chi connectivity index (χ1v) is 12.9. The van der Waals surface area contributed by atoms with E-state index in [0.717, 1.165) is 28.3 Å². The molecule has 35 heavy (non-hydrogen) atoms. The summed E-state index contributed by atoms with van der Waals surface area (Å²) in [5.41, 5.74) is 4.37. The van der Waals surface area contributed by atoms with Gasteiger partial charge in [-0.15, -0.1) is 0 Å². The van der Waals surface area contributed by atoms with E-state index >= 15 is 0 Å². The summed E-state index contributed by atoms with van der Waals surface area (Å²) in [4.78, 5) is 6.64. The van der Waals surface area contributed by atoms with Gasteiger partial charge >= 0.3 is 0 Å². The van der Waals surface area contributed by atoms with Gasteiger partial charge in [-0.2, -0.15) is 5.10 Å². The van der Waals surface area contributed by atoms with E-state index in [1.807, 2.05) is 60.9 Å². The third-order valence-corrected chi connectivity index (χ3v) is 7.14. The lowest BCUT2D eigenvalue weighted by atomic mass is 10.1. The molecule has 1 aliphatic heterocycles. The number of nitrogens with one attached hydrogen (secondary N) is 2. The second-order valence-corrected chi connectivity index (χ2v) is 10.2. The molecule has 0 saturated heterocycles. The van der Waals surface area contributed by atoms with Crippen LogP contribution in [-0.2, 0) is 17.1 Å². The summed E-state index contributed by atoms with van der Waals surface area (Å²) in [6.45, 7) is 2.24. The zero-order chi connectivity index (χ0) is 25.0. The number of fused-ring (bicyclic) bond motifs is 1. The van der Waals surface area contributed by atoms with Crippen molar-refractivity contribution in [3.63, 3.8) is 0 Å². The quantitative estimate of drug-likeness (QED) is 0.441. The van der Waals surface area contributed by atoms with Gasteiger partial charge in [0, 0.05) is 67.7 Å². The maximum absolute atomic E-state index is 12.0. The van der Waals surface area contributed by atoms with Crippen LogP contribution in [0.1, 0.15) is 18.5 Å². The molecule has 0 spiro atoms. The highest BCUT2D eigenvalue weighted by atomic mass is 32.2. The molecule has 11 heteroatoms. The lowest BCUT2D eigenvalue weighted by Crippen LogP contribution is -2.33. The molecule has 1 atom stereocenters. The van der Waals surface area contributed by atoms with Crippen LogP contribution in [0.4, 0.5) is 22.7 Å². The Morgan fingerprint density at radius 3 is 2.49 bits per heavy atom. The van der Waals surface area contributed by atoms with Gasteiger partial charge in [0.05, 0.1) is 43.6 Å². The number of hydrogen-bond donors (Lipinski definition) is 2. The summed E-state index contributed by atoms with van der Waals surface area (Å²) in [6.07, 6.45) is 5.63. The number of hydrogen-bond acceptors (Lipinski definition) is 8. The molecule has 1 aliphatic rings. The Balaban J connectivity index is 1.68. The molecule has 4 rings (SSSR count). The third kappa shape index (κ3) is 5.75. The maximum Gasteiger partial charge on any atom is 0.211 e. The number of nitrogens with zero attached hydrogens (tertiary/aromatic N) is 4. The molecule has 0 aliphatic carbocycles. The van der Waals surface area contributed by atoms with Crippen molar-refractivity contribution >= 4 is 39.0 Å². The first kappa shape index (κ1) is 24.6. The largest absolute Gasteiger partial charge is 0.497 e. The number of anilines is 3. The van der Waals surface area contributed by atoms with E-state index in [9.17, 15) is 8.42 Å². The molecule has 0 amide bonds. The van der Waals surface area contributed by atoms with Crippen LogP contribution in [0.15, 0.2) is 53.8 Å². The molecule has 2 N–H and O–H groups in total. The number of methoxy groups -OCH3 is 2. The minimum atomic E-state index is -3.32. The fraction of sp³-hybridized carbons (Fsp3) is 0.333. The lowest BCUT2D eigenvalue weighted by molar-refractivity contribution is 0.394. The molecule has 3 aromatic rings. The van der Waals surface area contributed by atoms with Crippen LogP contribution in [0.5, 0.6) is 11.5 Å². The Morgan fingerprint density at radius 1 is 1.11 bits per heavy atom. The molecular formula is C24H30N6O4S. The molecule has 0 bridgehead atoms. The molecular weight excluding hydrogens is 468 g/mol. The van der Waals surface area contributed by atoms with E-state index in [1.54, 1.807) is 31.9 Å². The van der Waals surface area contributed by atoms with Gasteiger partial charge in [0.25, 0.3) is 0 Å². The van der Waals surface area contributed by atoms with Gasteiger partial charge in [0.15, 0.2) is 0 Å². The van der Waals surface area contributed by atoms with Crippen molar-refractivity contribution in [3.05, 3.63) is 54.4 Å². The highest BCUT2D eigenvalue weighted by molar-refractivity contribution is 7.89. The Kier molecular flexibility index (Phi) is 7.27. The Labute approximate surface area is 205 Å². The number of ether oxygens (including phenoxy) is 2. The van der Waals surface area contributed by atoms with Gasteiger partial charge in [0.1, 0.15) is 11.5 Å². The molecule has 0 radical (unpaired) electrons. The normalized spacial score (nSPS) is 14.8. The van der Waals surface area contributed by atoms with E-state index in [2.05, 4.69) is 20.1 Å². The van der Waals surface area contributed by atoms with Crippen LogP contribution < -0.4 is 24.4 Å². The monoisotopic (exact) mass is 498 g/mol. The summed E-state index contributed by atoms with van der Waals surface area (Å²) in [5.74, 6) is 1.29. The first-order valence-electron chi connectivity index (χ1n) is 11.2. The molecule has 2 aromatic carbocycles. The molecule has 0 fully saturated rings. The number of sulfonamides is 1. The average Bonchev–Trinajstić information content (AvgIpc) is 3.31. The van der Waals surface area contributed by atoms with Crippen LogP contribution in [-0.4, -0.2) is 57.5 Å². The molecule has 2 heterocycles. The summed E-state index contributed by atoms with van der Waals surface area (Å²) in [6, 6.07) is 11.4. The second-order valence-electron chi connectivity index (χ2n) is 8.07. The van der Waals surface area contributed by atoms with Gasteiger partial charge in [-0.25, -0.2) is 13.1 Å². The van der Waals surface area contributed by atoms with Crippen LogP contribution >= 0.6 is 0 Å². The summed E-state index contributed by atoms with van der Waals surface area (Å²) >= 11 is 0. The summed E-state index contributed by atoms with van der Waals surface area (Å²) in [7, 11) is 1.75. The van der Waals surface area contributed by atoms with E-state index in [-0.39, 0.29) is 18.3 Å². The number of aryl methyl sites for hydroxylation is 1. The minimum absolute atomic E-state index is 0.0243. The van der Waals surface area contributed by atoms with Crippen molar-refractivity contribution in [3.8, 4) is 11.5 Å². The molecule has 1 aromatic heterocycles. The van der Waals surface area contributed by atoms with Gasteiger partial charge in [-0.05, 0) is 25.1 Å². The van der Waals surface area contributed by atoms with Crippen LogP contribution in [0.25, 0.3) is 0 Å². The van der Waals surface area contributed by atoms with Crippen molar-refractivity contribution in [1.82, 2.24) is 14.5 Å². The minimum Gasteiger partial charge on any atom is -0.497 e. The second kappa shape index (κ2) is 10.4. The summed E-state index contributed by atoms with van der Waals surface area (Å²) in [5, 5.41) is 7.77. The van der Waals surface area contributed by atoms with Crippen LogP contribution in [0.3, 0.4) is 0 Å². The topological polar surface area (TPSA) is 110 Å². The number of aromatic nitrogens is 2. The number of benzene rings is 2. The highest BCUT2D eigenvalue weighted by Crippen LogP contribution is 2.39. The predicted molar refractivity (Wildman–Crippen MR) is 138 cm³/mol. The molecule has 0 saturated carbocycles. The number of rotatable bonds is 10. The van der Waals surface area contributed by atoms with Gasteiger partial charge in [-0.1, -0.05) is 0 Å². The zero-order valence-corrected chi connectivity index (χ0v) is 21.0. The maximum atomic E-state index is 12.0. The highest BCUT2D eigenvalue weighted by Gasteiger charge is 2.20. The van der Waals surface area contributed by atoms with Crippen molar-refractivity contribution in [1.29, 1.82) is 0 Å². The lowest BCUT2D eigenvalue weighted by Gasteiger charge is -2.28. The Hall–Kier alpha value is -3.57. The standard InChI is InChI=1S/C24H30N6O4S/c1-5-35(31,32)27-8-9-30(19-10-20(33-3)13-21(11-19)34-4)18-6-7-22-23(12-18)28-24(15-25-22)17-14-26-29(2)16-17/h6-7,10-16,24,27-28H,5,8-9H2,1-4H3. The molecule has 186 valence electrons.